The molecular formula is C24H22ClFN4O3. The highest BCUT2D eigenvalue weighted by Crippen LogP contribution is 2.22. The zero-order valence-electron chi connectivity index (χ0n) is 18.4. The van der Waals surface area contributed by atoms with Gasteiger partial charge in [-0.05, 0) is 56.2 Å². The van der Waals surface area contributed by atoms with Gasteiger partial charge in [0.1, 0.15) is 23.9 Å². The number of hydrogen-bond donors (Lipinski definition) is 1. The van der Waals surface area contributed by atoms with E-state index < -0.39 is 11.7 Å². The largest absolute Gasteiger partial charge is 0.489 e. The van der Waals surface area contributed by atoms with E-state index in [4.69, 9.17) is 20.9 Å². The maximum Gasteiger partial charge on any atom is 0.278 e. The monoisotopic (exact) mass is 468 g/mol. The molecule has 0 fully saturated rings. The van der Waals surface area contributed by atoms with Crippen LogP contribution in [0.3, 0.4) is 0 Å². The Morgan fingerprint density at radius 3 is 2.67 bits per heavy atom. The van der Waals surface area contributed by atoms with E-state index in [1.54, 1.807) is 19.2 Å². The Morgan fingerprint density at radius 2 is 1.94 bits per heavy atom. The first-order chi connectivity index (χ1) is 15.8. The molecule has 2 heterocycles. The van der Waals surface area contributed by atoms with Gasteiger partial charge in [-0.3, -0.25) is 9.48 Å². The zero-order valence-corrected chi connectivity index (χ0v) is 19.1. The Bertz CT molecular complexity index is 1270. The van der Waals surface area contributed by atoms with Crippen LogP contribution in [0, 0.1) is 26.6 Å². The van der Waals surface area contributed by atoms with Gasteiger partial charge in [0.15, 0.2) is 5.69 Å². The Labute approximate surface area is 195 Å². The van der Waals surface area contributed by atoms with Gasteiger partial charge in [0.05, 0.1) is 24.0 Å². The van der Waals surface area contributed by atoms with Crippen molar-refractivity contribution < 1.29 is 18.4 Å². The van der Waals surface area contributed by atoms with Gasteiger partial charge in [-0.15, -0.1) is 0 Å². The highest BCUT2D eigenvalue weighted by molar-refractivity contribution is 6.31. The SMILES string of the molecule is Cc1cc(C)cc(OCc2c(C(=O)Nc3cnn(Cc4c(F)cccc4Cl)c3)noc2C)c1. The summed E-state index contributed by atoms with van der Waals surface area (Å²) in [7, 11) is 0. The quantitative estimate of drug-likeness (QED) is 0.389. The molecule has 7 nitrogen and oxygen atoms in total. The third-order valence-electron chi connectivity index (χ3n) is 5.05. The van der Waals surface area contributed by atoms with Crippen molar-refractivity contribution in [2.24, 2.45) is 0 Å². The molecule has 4 rings (SSSR count). The molecule has 0 bridgehead atoms. The summed E-state index contributed by atoms with van der Waals surface area (Å²) in [6.45, 7) is 5.96. The number of nitrogens with zero attached hydrogens (tertiary/aromatic N) is 3. The predicted molar refractivity (Wildman–Crippen MR) is 122 cm³/mol. The molecule has 0 saturated heterocycles. The van der Waals surface area contributed by atoms with E-state index in [9.17, 15) is 9.18 Å². The number of nitrogens with one attached hydrogen (secondary N) is 1. The second kappa shape index (κ2) is 9.46. The summed E-state index contributed by atoms with van der Waals surface area (Å²) in [5.74, 6) is 0.311. The summed E-state index contributed by atoms with van der Waals surface area (Å²) in [6, 6.07) is 10.4. The molecule has 2 aromatic heterocycles. The van der Waals surface area contributed by atoms with Crippen molar-refractivity contribution in [2.75, 3.05) is 5.32 Å². The molecule has 0 spiro atoms. The van der Waals surface area contributed by atoms with Crippen LogP contribution in [0.1, 0.15) is 38.5 Å². The molecule has 0 saturated carbocycles. The zero-order chi connectivity index (χ0) is 23.5. The number of rotatable bonds is 7. The van der Waals surface area contributed by atoms with Crippen LogP contribution in [0.4, 0.5) is 10.1 Å². The minimum Gasteiger partial charge on any atom is -0.489 e. The lowest BCUT2D eigenvalue weighted by Gasteiger charge is -2.09. The molecule has 9 heteroatoms. The van der Waals surface area contributed by atoms with E-state index >= 15 is 0 Å². The van der Waals surface area contributed by atoms with E-state index in [1.165, 1.54) is 23.0 Å². The first-order valence-corrected chi connectivity index (χ1v) is 10.6. The fourth-order valence-corrected chi connectivity index (χ4v) is 3.68. The third kappa shape index (κ3) is 5.23. The van der Waals surface area contributed by atoms with E-state index in [1.807, 2.05) is 26.0 Å². The number of carbonyl (C=O) groups is 1. The maximum atomic E-state index is 14.0. The summed E-state index contributed by atoms with van der Waals surface area (Å²) in [5.41, 5.74) is 3.59. The van der Waals surface area contributed by atoms with Crippen LogP contribution in [0.25, 0.3) is 0 Å². The lowest BCUT2D eigenvalue weighted by molar-refractivity contribution is 0.101. The first-order valence-electron chi connectivity index (χ1n) is 10.2. The molecule has 0 aliphatic carbocycles. The Balaban J connectivity index is 1.45. The molecule has 0 unspecified atom stereocenters. The second-order valence-corrected chi connectivity index (χ2v) is 8.17. The van der Waals surface area contributed by atoms with Crippen molar-refractivity contribution in [3.8, 4) is 5.75 Å². The fraction of sp³-hybridized carbons (Fsp3) is 0.208. The number of amides is 1. The number of hydrogen-bond acceptors (Lipinski definition) is 5. The van der Waals surface area contributed by atoms with E-state index in [0.717, 1.165) is 11.1 Å². The van der Waals surface area contributed by atoms with Crippen molar-refractivity contribution in [3.63, 3.8) is 0 Å². The molecule has 170 valence electrons. The van der Waals surface area contributed by atoms with Crippen molar-refractivity contribution in [1.82, 2.24) is 14.9 Å². The first kappa shape index (κ1) is 22.5. The number of halogens is 2. The molecular weight excluding hydrogens is 447 g/mol. The Hall–Kier alpha value is -3.65. The van der Waals surface area contributed by atoms with Crippen LogP contribution in [-0.4, -0.2) is 20.8 Å². The molecule has 4 aromatic rings. The average Bonchev–Trinajstić information content (AvgIpc) is 3.34. The van der Waals surface area contributed by atoms with Crippen LogP contribution in [0.5, 0.6) is 5.75 Å². The van der Waals surface area contributed by atoms with Gasteiger partial charge in [0.2, 0.25) is 0 Å². The molecule has 0 atom stereocenters. The Morgan fingerprint density at radius 1 is 1.18 bits per heavy atom. The third-order valence-corrected chi connectivity index (χ3v) is 5.41. The highest BCUT2D eigenvalue weighted by atomic mass is 35.5. The van der Waals surface area contributed by atoms with Crippen LogP contribution in [0.2, 0.25) is 5.02 Å². The fourth-order valence-electron chi connectivity index (χ4n) is 3.46. The van der Waals surface area contributed by atoms with Crippen molar-refractivity contribution in [3.05, 3.63) is 93.3 Å². The lowest BCUT2D eigenvalue weighted by atomic mass is 10.1. The minimum absolute atomic E-state index is 0.124. The molecule has 33 heavy (non-hydrogen) atoms. The number of benzene rings is 2. The molecule has 0 aliphatic rings. The van der Waals surface area contributed by atoms with Gasteiger partial charge in [-0.25, -0.2) is 4.39 Å². The summed E-state index contributed by atoms with van der Waals surface area (Å²) in [5, 5.41) is 11.1. The average molecular weight is 469 g/mol. The molecule has 0 aliphatic heterocycles. The molecule has 1 amide bonds. The smallest absolute Gasteiger partial charge is 0.278 e. The number of aromatic nitrogens is 3. The standard InChI is InChI=1S/C24H22ClFN4O3/c1-14-7-15(2)9-18(8-14)32-13-20-16(3)33-29-23(20)24(31)28-17-10-27-30(11-17)12-19-21(25)5-4-6-22(19)26/h4-11H,12-13H2,1-3H3,(H,28,31). The molecule has 0 radical (unpaired) electrons. The maximum absolute atomic E-state index is 14.0. The summed E-state index contributed by atoms with van der Waals surface area (Å²) in [4.78, 5) is 12.8. The topological polar surface area (TPSA) is 82.2 Å². The lowest BCUT2D eigenvalue weighted by Crippen LogP contribution is -2.15. The van der Waals surface area contributed by atoms with Crippen LogP contribution in [0.15, 0.2) is 53.3 Å². The molecule has 2 aromatic carbocycles. The van der Waals surface area contributed by atoms with Crippen molar-refractivity contribution in [2.45, 2.75) is 33.9 Å². The van der Waals surface area contributed by atoms with Crippen molar-refractivity contribution in [1.29, 1.82) is 0 Å². The predicted octanol–water partition coefficient (Wildman–Crippen LogP) is 5.47. The van der Waals surface area contributed by atoms with Crippen LogP contribution >= 0.6 is 11.6 Å². The minimum atomic E-state index is -0.464. The number of carbonyl (C=O) groups excluding carboxylic acids is 1. The number of aryl methyl sites for hydroxylation is 3. The molecule has 1 N–H and O–H groups in total. The highest BCUT2D eigenvalue weighted by Gasteiger charge is 2.21. The summed E-state index contributed by atoms with van der Waals surface area (Å²) >= 11 is 6.08. The van der Waals surface area contributed by atoms with E-state index in [2.05, 4.69) is 21.6 Å². The van der Waals surface area contributed by atoms with Crippen LogP contribution in [-0.2, 0) is 13.2 Å². The Kier molecular flexibility index (Phi) is 6.46. The van der Waals surface area contributed by atoms with Gasteiger partial charge in [-0.1, -0.05) is 28.9 Å². The van der Waals surface area contributed by atoms with Gasteiger partial charge in [0.25, 0.3) is 5.91 Å². The van der Waals surface area contributed by atoms with E-state index in [0.29, 0.717) is 33.3 Å². The second-order valence-electron chi connectivity index (χ2n) is 7.76. The summed E-state index contributed by atoms with van der Waals surface area (Å²) in [6.07, 6.45) is 3.05. The van der Waals surface area contributed by atoms with Gasteiger partial charge in [0, 0.05) is 16.8 Å². The normalized spacial score (nSPS) is 10.9. The van der Waals surface area contributed by atoms with E-state index in [-0.39, 0.29) is 18.8 Å². The number of anilines is 1. The van der Waals surface area contributed by atoms with Crippen LogP contribution < -0.4 is 10.1 Å². The van der Waals surface area contributed by atoms with Crippen molar-refractivity contribution >= 4 is 23.2 Å². The van der Waals surface area contributed by atoms with Gasteiger partial charge >= 0.3 is 0 Å². The van der Waals surface area contributed by atoms with Gasteiger partial charge in [-0.2, -0.15) is 5.10 Å². The van der Waals surface area contributed by atoms with Gasteiger partial charge < -0.3 is 14.6 Å². The summed E-state index contributed by atoms with van der Waals surface area (Å²) < 4.78 is 26.6. The number of ether oxygens (including phenoxy) is 1.